The third kappa shape index (κ3) is 8.15. The van der Waals surface area contributed by atoms with E-state index in [2.05, 4.69) is 31.2 Å². The van der Waals surface area contributed by atoms with E-state index in [1.807, 2.05) is 31.2 Å². The molecule has 5 aromatic rings. The van der Waals surface area contributed by atoms with Crippen LogP contribution >= 0.6 is 11.6 Å². The summed E-state index contributed by atoms with van der Waals surface area (Å²) >= 11 is 6.08. The largest absolute Gasteiger partial charge is 0.467 e. The fraction of sp³-hybridized carbons (Fsp3) is 0.161. The van der Waals surface area contributed by atoms with E-state index in [1.165, 1.54) is 24.1 Å². The SMILES string of the molecule is COc1ncc(-c2ccc(C[n+]3cc(NC(=O)Nc4cc(NC(=O)Cc5ccccc5Cl)cc(C(F)(F)F)c4)on3)cc2)c(C)n1. The molecule has 0 saturated carbocycles. The highest BCUT2D eigenvalue weighted by atomic mass is 35.5. The molecule has 46 heavy (non-hydrogen) atoms. The van der Waals surface area contributed by atoms with Crippen molar-refractivity contribution in [1.82, 2.24) is 15.2 Å². The smallest absolute Gasteiger partial charge is 0.416 e. The normalized spacial score (nSPS) is 11.2. The minimum Gasteiger partial charge on any atom is -0.467 e. The van der Waals surface area contributed by atoms with Crippen molar-refractivity contribution in [2.45, 2.75) is 26.1 Å². The number of nitrogens with one attached hydrogen (secondary N) is 3. The van der Waals surface area contributed by atoms with Crippen LogP contribution in [0.3, 0.4) is 0 Å². The molecular formula is C31H26ClF3N7O4+. The predicted octanol–water partition coefficient (Wildman–Crippen LogP) is 6.28. The number of nitrogens with zero attached hydrogens (tertiary/aromatic N) is 4. The number of rotatable bonds is 9. The second-order valence-corrected chi connectivity index (χ2v) is 10.4. The lowest BCUT2D eigenvalue weighted by Crippen LogP contribution is -2.35. The van der Waals surface area contributed by atoms with Crippen molar-refractivity contribution < 1.29 is 36.7 Å². The molecule has 0 unspecified atom stereocenters. The van der Waals surface area contributed by atoms with Crippen molar-refractivity contribution in [3.05, 3.63) is 107 Å². The molecule has 0 fully saturated rings. The summed E-state index contributed by atoms with van der Waals surface area (Å²) in [5.41, 5.74) is 2.45. The summed E-state index contributed by atoms with van der Waals surface area (Å²) in [4.78, 5) is 33.6. The quantitative estimate of drug-likeness (QED) is 0.160. The van der Waals surface area contributed by atoms with Crippen LogP contribution in [-0.4, -0.2) is 34.3 Å². The van der Waals surface area contributed by atoms with Crippen LogP contribution in [0.25, 0.3) is 11.1 Å². The molecule has 0 saturated heterocycles. The Morgan fingerprint density at radius 2 is 1.72 bits per heavy atom. The van der Waals surface area contributed by atoms with Crippen LogP contribution in [0.4, 0.5) is 35.2 Å². The third-order valence-electron chi connectivity index (χ3n) is 6.61. The zero-order valence-corrected chi connectivity index (χ0v) is 25.1. The highest BCUT2D eigenvalue weighted by Crippen LogP contribution is 2.33. The number of ether oxygens (including phenoxy) is 1. The Bertz CT molecular complexity index is 1880. The number of methoxy groups -OCH3 is 1. The molecule has 5 rings (SSSR count). The summed E-state index contributed by atoms with van der Waals surface area (Å²) < 4.78 is 52.5. The van der Waals surface area contributed by atoms with Gasteiger partial charge in [0, 0.05) is 33.7 Å². The molecular weight excluding hydrogens is 627 g/mol. The topological polar surface area (TPSA) is 135 Å². The second-order valence-electron chi connectivity index (χ2n) is 10.0. The zero-order valence-electron chi connectivity index (χ0n) is 24.4. The van der Waals surface area contributed by atoms with Gasteiger partial charge in [0.1, 0.15) is 0 Å². The average molecular weight is 653 g/mol. The Labute approximate surface area is 265 Å². The molecule has 15 heteroatoms. The molecule has 236 valence electrons. The van der Waals surface area contributed by atoms with Crippen molar-refractivity contribution in [3.63, 3.8) is 0 Å². The van der Waals surface area contributed by atoms with Crippen LogP contribution in [0.15, 0.2) is 83.6 Å². The van der Waals surface area contributed by atoms with E-state index in [9.17, 15) is 22.8 Å². The van der Waals surface area contributed by atoms with Crippen molar-refractivity contribution in [1.29, 1.82) is 0 Å². The predicted molar refractivity (Wildman–Crippen MR) is 162 cm³/mol. The highest BCUT2D eigenvalue weighted by Gasteiger charge is 2.31. The number of carbonyl (C=O) groups is 2. The lowest BCUT2D eigenvalue weighted by atomic mass is 10.0. The van der Waals surface area contributed by atoms with Gasteiger partial charge in [0.2, 0.25) is 17.7 Å². The number of anilines is 3. The maximum Gasteiger partial charge on any atom is 0.416 e. The van der Waals surface area contributed by atoms with E-state index in [4.69, 9.17) is 20.9 Å². The molecule has 0 radical (unpaired) electrons. The van der Waals surface area contributed by atoms with Gasteiger partial charge < -0.3 is 15.4 Å². The standard InChI is InChI=1S/C31H25ClF3N7O4/c1-18-25(15-36-30(37-18)45-2)20-9-7-19(8-10-20)16-42-17-28(46-41-42)40-29(44)39-24-13-22(31(33,34)35)12-23(14-24)38-27(43)11-21-5-3-4-6-26(21)32/h3-10,12-15,17H,11,16H2,1-2H3,(H2-,38,39,40,41,43,44)/p+1. The number of aromatic nitrogens is 4. The van der Waals surface area contributed by atoms with Crippen LogP contribution in [0.5, 0.6) is 6.01 Å². The minimum absolute atomic E-state index is 0.0552. The van der Waals surface area contributed by atoms with Crippen molar-refractivity contribution in [3.8, 4) is 17.1 Å². The van der Waals surface area contributed by atoms with E-state index in [0.29, 0.717) is 17.1 Å². The fourth-order valence-corrected chi connectivity index (χ4v) is 4.65. The highest BCUT2D eigenvalue weighted by molar-refractivity contribution is 6.31. The van der Waals surface area contributed by atoms with Crippen LogP contribution < -0.4 is 25.4 Å². The summed E-state index contributed by atoms with van der Waals surface area (Å²) in [5.74, 6) is -0.645. The van der Waals surface area contributed by atoms with Crippen molar-refractivity contribution in [2.75, 3.05) is 23.1 Å². The molecule has 0 bridgehead atoms. The van der Waals surface area contributed by atoms with Gasteiger partial charge >= 0.3 is 24.1 Å². The number of carbonyl (C=O) groups excluding carboxylic acids is 2. The maximum absolute atomic E-state index is 13.6. The Kier molecular flexibility index (Phi) is 9.47. The summed E-state index contributed by atoms with van der Waals surface area (Å²) in [6.45, 7) is 2.16. The van der Waals surface area contributed by atoms with Crippen LogP contribution in [-0.2, 0) is 23.9 Å². The Hall–Kier alpha value is -5.50. The van der Waals surface area contributed by atoms with Gasteiger partial charge in [0.25, 0.3) is 6.20 Å². The Morgan fingerprint density at radius 1 is 1.00 bits per heavy atom. The van der Waals surface area contributed by atoms with Gasteiger partial charge in [-0.1, -0.05) is 54.1 Å². The van der Waals surface area contributed by atoms with Gasteiger partial charge in [-0.05, 0) is 47.0 Å². The summed E-state index contributed by atoms with van der Waals surface area (Å²) in [6.07, 6.45) is -1.80. The molecule has 0 aliphatic rings. The van der Waals surface area contributed by atoms with E-state index >= 15 is 0 Å². The zero-order chi connectivity index (χ0) is 32.8. The fourth-order valence-electron chi connectivity index (χ4n) is 4.44. The van der Waals surface area contributed by atoms with Gasteiger partial charge in [0.05, 0.1) is 24.8 Å². The van der Waals surface area contributed by atoms with Crippen LogP contribution in [0.2, 0.25) is 5.02 Å². The summed E-state index contributed by atoms with van der Waals surface area (Å²) in [5, 5.41) is 11.4. The minimum atomic E-state index is -4.74. The van der Waals surface area contributed by atoms with Crippen molar-refractivity contribution in [2.24, 2.45) is 0 Å². The molecule has 0 spiro atoms. The Balaban J connectivity index is 1.22. The first kappa shape index (κ1) is 31.9. The number of urea groups is 1. The monoisotopic (exact) mass is 652 g/mol. The lowest BCUT2D eigenvalue weighted by molar-refractivity contribution is -0.754. The van der Waals surface area contributed by atoms with Gasteiger partial charge in [0.15, 0.2) is 0 Å². The number of hydrogen-bond acceptors (Lipinski definition) is 7. The Morgan fingerprint density at radius 3 is 2.39 bits per heavy atom. The number of hydrogen-bond donors (Lipinski definition) is 3. The van der Waals surface area contributed by atoms with Gasteiger partial charge in [-0.25, -0.2) is 9.78 Å². The number of amides is 3. The summed E-state index contributed by atoms with van der Waals surface area (Å²) in [6, 6.07) is 16.3. The van der Waals surface area contributed by atoms with E-state index < -0.39 is 23.7 Å². The number of aryl methyl sites for hydroxylation is 1. The van der Waals surface area contributed by atoms with E-state index in [1.54, 1.807) is 30.5 Å². The van der Waals surface area contributed by atoms with Gasteiger partial charge in [-0.15, -0.1) is 0 Å². The number of alkyl halides is 3. The van der Waals surface area contributed by atoms with Crippen molar-refractivity contribution >= 4 is 40.8 Å². The molecule has 0 atom stereocenters. The number of halogens is 4. The molecule has 11 nitrogen and oxygen atoms in total. The molecule has 3 amide bonds. The number of benzene rings is 3. The van der Waals surface area contributed by atoms with Crippen LogP contribution in [0.1, 0.15) is 22.4 Å². The first-order chi connectivity index (χ1) is 22.0. The second kappa shape index (κ2) is 13.6. The molecule has 2 aromatic heterocycles. The van der Waals surface area contributed by atoms with Gasteiger partial charge in [-0.2, -0.15) is 18.2 Å². The first-order valence-corrected chi connectivity index (χ1v) is 14.0. The summed E-state index contributed by atoms with van der Waals surface area (Å²) in [7, 11) is 1.50. The average Bonchev–Trinajstić information content (AvgIpc) is 3.44. The van der Waals surface area contributed by atoms with E-state index in [-0.39, 0.29) is 29.7 Å². The lowest BCUT2D eigenvalue weighted by Gasteiger charge is -2.14. The third-order valence-corrected chi connectivity index (χ3v) is 6.98. The van der Waals surface area contributed by atoms with E-state index in [0.717, 1.165) is 34.5 Å². The van der Waals surface area contributed by atoms with Gasteiger partial charge in [-0.3, -0.25) is 14.6 Å². The molecule has 3 aromatic carbocycles. The first-order valence-electron chi connectivity index (χ1n) is 13.6. The maximum atomic E-state index is 13.6. The molecule has 0 aliphatic carbocycles. The van der Waals surface area contributed by atoms with Crippen LogP contribution in [0, 0.1) is 6.92 Å². The molecule has 0 aliphatic heterocycles. The molecule has 2 heterocycles. The molecule has 3 N–H and O–H groups in total.